The molecule has 0 aliphatic rings. The minimum atomic E-state index is -2.65. The largest absolute Gasteiger partial charge is 0.500 e. The molecule has 0 bridgehead atoms. The van der Waals surface area contributed by atoms with E-state index in [0.717, 1.165) is 25.9 Å². The zero-order chi connectivity index (χ0) is 27.5. The number of ether oxygens (including phenoxy) is 1. The maximum atomic E-state index is 10.6. The highest BCUT2D eigenvalue weighted by atomic mass is 28.4. The lowest BCUT2D eigenvalue weighted by atomic mass is 10.3. The maximum absolute atomic E-state index is 10.6. The highest BCUT2D eigenvalue weighted by molar-refractivity contribution is 6.61. The second-order valence-corrected chi connectivity index (χ2v) is 17.5. The summed E-state index contributed by atoms with van der Waals surface area (Å²) in [5.41, 5.74) is 0. The zero-order valence-corrected chi connectivity index (χ0v) is 26.8. The lowest BCUT2D eigenvalue weighted by molar-refractivity contribution is 0.0151. The number of aliphatic hydroxyl groups is 1. The van der Waals surface area contributed by atoms with Crippen LogP contribution in [0.3, 0.4) is 0 Å². The number of hydrogen-bond acceptors (Lipinski definition) is 12. The summed E-state index contributed by atoms with van der Waals surface area (Å²) in [6.45, 7) is 2.67. The maximum Gasteiger partial charge on any atom is 0.500 e. The van der Waals surface area contributed by atoms with E-state index in [9.17, 15) is 5.11 Å². The van der Waals surface area contributed by atoms with Gasteiger partial charge in [0.15, 0.2) is 0 Å². The van der Waals surface area contributed by atoms with E-state index in [1.54, 1.807) is 64.0 Å². The molecule has 0 saturated carbocycles. The van der Waals surface area contributed by atoms with Crippen LogP contribution in [-0.2, 0) is 44.6 Å². The topological polar surface area (TPSA) is 116 Å². The Kier molecular flexibility index (Phi) is 20.2. The fourth-order valence-electron chi connectivity index (χ4n) is 3.96. The number of nitrogens with zero attached hydrogens (tertiary/aromatic N) is 1. The Labute approximate surface area is 221 Å². The van der Waals surface area contributed by atoms with Gasteiger partial charge in [0.2, 0.25) is 0 Å². The molecule has 0 aromatic rings. The van der Waals surface area contributed by atoms with Crippen LogP contribution < -0.4 is 0 Å². The van der Waals surface area contributed by atoms with Gasteiger partial charge in [-0.2, -0.15) is 0 Å². The van der Waals surface area contributed by atoms with E-state index < -0.39 is 32.5 Å². The van der Waals surface area contributed by atoms with Crippen molar-refractivity contribution in [1.29, 1.82) is 0 Å². The molecule has 0 saturated heterocycles. The molecule has 0 radical (unpaired) electrons. The van der Waals surface area contributed by atoms with Crippen LogP contribution >= 0.6 is 0 Å². The molecule has 1 atom stereocenters. The Hall–Kier alpha value is 0.171. The molecule has 0 aromatic carbocycles. The third-order valence-electron chi connectivity index (χ3n) is 6.26. The minimum absolute atomic E-state index is 0.234. The normalized spacial score (nSPS) is 14.1. The Balaban J connectivity index is 4.81. The fourth-order valence-corrected chi connectivity index (χ4v) is 9.06. The van der Waals surface area contributed by atoms with Crippen molar-refractivity contribution in [2.45, 2.75) is 43.5 Å². The van der Waals surface area contributed by atoms with E-state index >= 15 is 0 Å². The lowest BCUT2D eigenvalue weighted by Gasteiger charge is -2.29. The standard InChI is InChI=1S/C21H51NO11Si3/c1-24-34(25-2,26-3)16-10-13-22(14-11-17-35(27-4,28-5)29-6)19-21(23)20-33-15-12-18-36(30-7,31-8)32-9/h21,23H,10-20H2,1-9H3. The molecule has 0 fully saturated rings. The first kappa shape index (κ1) is 36.2. The highest BCUT2D eigenvalue weighted by Gasteiger charge is 2.39. The number of hydrogen-bond donors (Lipinski definition) is 1. The van der Waals surface area contributed by atoms with Gasteiger partial charge >= 0.3 is 26.4 Å². The van der Waals surface area contributed by atoms with Crippen molar-refractivity contribution in [3.8, 4) is 0 Å². The fraction of sp³-hybridized carbons (Fsp3) is 1.00. The summed E-state index contributed by atoms with van der Waals surface area (Å²) in [5, 5.41) is 10.6. The molecule has 1 unspecified atom stereocenters. The van der Waals surface area contributed by atoms with Gasteiger partial charge in [0.25, 0.3) is 0 Å². The van der Waals surface area contributed by atoms with Crippen LogP contribution in [0.2, 0.25) is 18.1 Å². The third-order valence-corrected chi connectivity index (χ3v) is 14.8. The summed E-state index contributed by atoms with van der Waals surface area (Å²) in [7, 11) is 6.54. The van der Waals surface area contributed by atoms with Crippen molar-refractivity contribution in [2.24, 2.45) is 0 Å². The van der Waals surface area contributed by atoms with E-state index in [1.165, 1.54) is 0 Å². The van der Waals surface area contributed by atoms with Gasteiger partial charge in [0.05, 0.1) is 12.7 Å². The number of aliphatic hydroxyl groups excluding tert-OH is 1. The molecule has 15 heteroatoms. The molecule has 0 amide bonds. The van der Waals surface area contributed by atoms with E-state index in [-0.39, 0.29) is 6.61 Å². The third kappa shape index (κ3) is 12.8. The van der Waals surface area contributed by atoms with Crippen LogP contribution in [0.25, 0.3) is 0 Å². The number of rotatable bonds is 25. The Morgan fingerprint density at radius 1 is 0.556 bits per heavy atom. The molecule has 218 valence electrons. The monoisotopic (exact) mass is 577 g/mol. The molecule has 0 rings (SSSR count). The summed E-state index contributed by atoms with van der Waals surface area (Å²) in [4.78, 5) is 2.20. The molecule has 0 aromatic heterocycles. The predicted molar refractivity (Wildman–Crippen MR) is 142 cm³/mol. The molecule has 0 aliphatic heterocycles. The molecular weight excluding hydrogens is 526 g/mol. The summed E-state index contributed by atoms with van der Waals surface area (Å²) < 4.78 is 55.2. The predicted octanol–water partition coefficient (Wildman–Crippen LogP) is 1.47. The first-order valence-electron chi connectivity index (χ1n) is 12.2. The summed E-state index contributed by atoms with van der Waals surface area (Å²) in [6.07, 6.45) is 1.68. The molecule has 0 heterocycles. The molecule has 0 spiro atoms. The Morgan fingerprint density at radius 2 is 0.889 bits per heavy atom. The van der Waals surface area contributed by atoms with Gasteiger partial charge in [-0.1, -0.05) is 0 Å². The van der Waals surface area contributed by atoms with Gasteiger partial charge in [-0.15, -0.1) is 0 Å². The first-order valence-corrected chi connectivity index (χ1v) is 18.0. The SMILES string of the molecule is CO[Si](CCCOCC(O)CN(CCC[Si](OC)(OC)OC)CCC[Si](OC)(OC)OC)(OC)OC. The Bertz CT molecular complexity index is 477. The van der Waals surface area contributed by atoms with Crippen LogP contribution in [0.1, 0.15) is 19.3 Å². The summed E-state index contributed by atoms with van der Waals surface area (Å²) in [5.74, 6) is 0. The first-order chi connectivity index (χ1) is 17.2. The summed E-state index contributed by atoms with van der Waals surface area (Å²) >= 11 is 0. The summed E-state index contributed by atoms with van der Waals surface area (Å²) in [6, 6.07) is 2.00. The zero-order valence-electron chi connectivity index (χ0n) is 23.8. The molecule has 36 heavy (non-hydrogen) atoms. The van der Waals surface area contributed by atoms with Crippen molar-refractivity contribution < 1.29 is 49.7 Å². The average molecular weight is 578 g/mol. The van der Waals surface area contributed by atoms with E-state index in [1.807, 2.05) is 0 Å². The van der Waals surface area contributed by atoms with Crippen LogP contribution in [0.15, 0.2) is 0 Å². The lowest BCUT2D eigenvalue weighted by Crippen LogP contribution is -2.45. The molecule has 1 N–H and O–H groups in total. The van der Waals surface area contributed by atoms with Gasteiger partial charge in [-0.05, 0) is 32.4 Å². The van der Waals surface area contributed by atoms with Crippen LogP contribution in [0.5, 0.6) is 0 Å². The van der Waals surface area contributed by atoms with Gasteiger partial charge in [-0.3, -0.25) is 0 Å². The van der Waals surface area contributed by atoms with Crippen molar-refractivity contribution in [2.75, 3.05) is 96.8 Å². The van der Waals surface area contributed by atoms with Gasteiger partial charge in [0, 0.05) is 95.3 Å². The van der Waals surface area contributed by atoms with Crippen LogP contribution in [0.4, 0.5) is 0 Å². The van der Waals surface area contributed by atoms with Gasteiger partial charge in [0.1, 0.15) is 0 Å². The second-order valence-electron chi connectivity index (χ2n) is 8.23. The van der Waals surface area contributed by atoms with Gasteiger partial charge < -0.3 is 54.6 Å². The van der Waals surface area contributed by atoms with Crippen LogP contribution in [0, 0.1) is 0 Å². The van der Waals surface area contributed by atoms with E-state index in [2.05, 4.69) is 4.90 Å². The van der Waals surface area contributed by atoms with Crippen molar-refractivity contribution in [3.63, 3.8) is 0 Å². The van der Waals surface area contributed by atoms with Crippen molar-refractivity contribution in [3.05, 3.63) is 0 Å². The van der Waals surface area contributed by atoms with Crippen LogP contribution in [-0.4, -0.2) is 139 Å². The minimum Gasteiger partial charge on any atom is -0.389 e. The average Bonchev–Trinajstić information content (AvgIpc) is 2.92. The molecular formula is C21H51NO11Si3. The molecule has 12 nitrogen and oxygen atoms in total. The Morgan fingerprint density at radius 3 is 1.22 bits per heavy atom. The quantitative estimate of drug-likeness (QED) is 0.125. The molecule has 0 aliphatic carbocycles. The smallest absolute Gasteiger partial charge is 0.389 e. The second kappa shape index (κ2) is 20.1. The highest BCUT2D eigenvalue weighted by Crippen LogP contribution is 2.18. The van der Waals surface area contributed by atoms with Gasteiger partial charge in [-0.25, -0.2) is 0 Å². The van der Waals surface area contributed by atoms with Crippen molar-refractivity contribution in [1.82, 2.24) is 4.90 Å². The van der Waals surface area contributed by atoms with Crippen molar-refractivity contribution >= 4 is 26.4 Å². The van der Waals surface area contributed by atoms with E-state index in [4.69, 9.17) is 44.6 Å². The van der Waals surface area contributed by atoms with E-state index in [0.29, 0.717) is 37.7 Å².